The van der Waals surface area contributed by atoms with Gasteiger partial charge in [-0.25, -0.2) is 4.39 Å². The van der Waals surface area contributed by atoms with Gasteiger partial charge in [0.2, 0.25) is 0 Å². The second kappa shape index (κ2) is 9.40. The number of carbonyl (C=O) groups is 1. The van der Waals surface area contributed by atoms with Crippen LogP contribution < -0.4 is 9.64 Å². The van der Waals surface area contributed by atoms with Crippen LogP contribution in [-0.2, 0) is 11.4 Å². The number of thiocarbonyl (C=S) groups is 1. The molecule has 8 heteroatoms. The number of anilines is 1. The van der Waals surface area contributed by atoms with Gasteiger partial charge in [0, 0.05) is 16.1 Å². The minimum atomic E-state index is -0.438. The van der Waals surface area contributed by atoms with E-state index >= 15 is 0 Å². The third kappa shape index (κ3) is 4.77. The smallest absolute Gasteiger partial charge is 0.270 e. The molecule has 0 bridgehead atoms. The van der Waals surface area contributed by atoms with Crippen LogP contribution in [0.15, 0.2) is 71.6 Å². The summed E-state index contributed by atoms with van der Waals surface area (Å²) in [5.41, 5.74) is 1.55. The highest BCUT2D eigenvalue weighted by Crippen LogP contribution is 2.37. The Labute approximate surface area is 198 Å². The summed E-state index contributed by atoms with van der Waals surface area (Å²) in [4.78, 5) is 14.9. The molecule has 1 amide bonds. The van der Waals surface area contributed by atoms with Crippen LogP contribution in [0.4, 0.5) is 10.1 Å². The average Bonchev–Trinajstić information content (AvgIpc) is 3.01. The first-order valence-electron chi connectivity index (χ1n) is 9.12. The normalized spacial score (nSPS) is 15.1. The predicted molar refractivity (Wildman–Crippen MR) is 129 cm³/mol. The fourth-order valence-corrected chi connectivity index (χ4v) is 4.69. The van der Waals surface area contributed by atoms with E-state index in [4.69, 9.17) is 40.2 Å². The van der Waals surface area contributed by atoms with Crippen molar-refractivity contribution in [1.82, 2.24) is 0 Å². The second-order valence-electron chi connectivity index (χ2n) is 6.52. The van der Waals surface area contributed by atoms with Crippen LogP contribution in [0.1, 0.15) is 11.1 Å². The van der Waals surface area contributed by atoms with Crippen molar-refractivity contribution in [3.8, 4) is 5.75 Å². The Bertz CT molecular complexity index is 1200. The minimum Gasteiger partial charge on any atom is -0.488 e. The van der Waals surface area contributed by atoms with Gasteiger partial charge in [-0.3, -0.25) is 9.69 Å². The topological polar surface area (TPSA) is 29.5 Å². The van der Waals surface area contributed by atoms with Gasteiger partial charge in [0.15, 0.2) is 4.32 Å². The first-order chi connectivity index (χ1) is 14.9. The molecule has 0 spiro atoms. The SMILES string of the molecule is O=C1/C(=C\c2ccccc2OCc2c(F)cccc2Cl)SC(=S)N1c1cccc(Cl)c1. The molecular formula is C23H14Cl2FNO2S2. The van der Waals surface area contributed by atoms with Crippen LogP contribution in [0.25, 0.3) is 6.08 Å². The number of carbonyl (C=O) groups excluding carboxylic acids is 1. The first-order valence-corrected chi connectivity index (χ1v) is 11.1. The Morgan fingerprint density at radius 3 is 2.61 bits per heavy atom. The van der Waals surface area contributed by atoms with E-state index in [2.05, 4.69) is 0 Å². The number of hydrogen-bond donors (Lipinski definition) is 0. The number of thioether (sulfide) groups is 1. The number of benzene rings is 3. The fraction of sp³-hybridized carbons (Fsp3) is 0.0435. The van der Waals surface area contributed by atoms with Crippen molar-refractivity contribution < 1.29 is 13.9 Å². The van der Waals surface area contributed by atoms with E-state index in [0.717, 1.165) is 0 Å². The van der Waals surface area contributed by atoms with Gasteiger partial charge in [0.25, 0.3) is 5.91 Å². The lowest BCUT2D eigenvalue weighted by Crippen LogP contribution is -2.27. The summed E-state index contributed by atoms with van der Waals surface area (Å²) in [6.45, 7) is -0.0418. The molecule has 0 N–H and O–H groups in total. The van der Waals surface area contributed by atoms with Crippen LogP contribution in [0.5, 0.6) is 5.75 Å². The van der Waals surface area contributed by atoms with Crippen molar-refractivity contribution in [1.29, 1.82) is 0 Å². The molecule has 0 unspecified atom stereocenters. The van der Waals surface area contributed by atoms with E-state index in [-0.39, 0.29) is 18.1 Å². The molecule has 3 aromatic carbocycles. The summed E-state index contributed by atoms with van der Waals surface area (Å²) in [5, 5.41) is 0.806. The van der Waals surface area contributed by atoms with Gasteiger partial charge in [-0.2, -0.15) is 0 Å². The van der Waals surface area contributed by atoms with E-state index in [1.807, 2.05) is 12.1 Å². The van der Waals surface area contributed by atoms with E-state index in [1.54, 1.807) is 48.5 Å². The van der Waals surface area contributed by atoms with Gasteiger partial charge < -0.3 is 4.74 Å². The molecule has 31 heavy (non-hydrogen) atoms. The zero-order valence-corrected chi connectivity index (χ0v) is 19.0. The Hall–Kier alpha value is -2.38. The van der Waals surface area contributed by atoms with Crippen molar-refractivity contribution >= 4 is 69.2 Å². The number of ether oxygens (including phenoxy) is 1. The second-order valence-corrected chi connectivity index (χ2v) is 9.04. The molecule has 0 aliphatic carbocycles. The maximum Gasteiger partial charge on any atom is 0.270 e. The Morgan fingerprint density at radius 2 is 1.84 bits per heavy atom. The molecule has 0 aromatic heterocycles. The molecule has 3 aromatic rings. The number of para-hydroxylation sites is 1. The molecule has 156 valence electrons. The highest BCUT2D eigenvalue weighted by atomic mass is 35.5. The first kappa shape index (κ1) is 21.8. The summed E-state index contributed by atoms with van der Waals surface area (Å²) in [5.74, 6) is -0.188. The molecule has 0 radical (unpaired) electrons. The number of hydrogen-bond acceptors (Lipinski definition) is 4. The fourth-order valence-electron chi connectivity index (χ4n) is 3.00. The standard InChI is InChI=1S/C23H14Cl2FNO2S2/c24-15-6-3-7-16(12-15)27-22(28)21(31-23(27)30)11-14-5-1-2-10-20(14)29-13-17-18(25)8-4-9-19(17)26/h1-12H,13H2/b21-11+. The van der Waals surface area contributed by atoms with E-state index in [0.29, 0.717) is 36.3 Å². The summed E-state index contributed by atoms with van der Waals surface area (Å²) >= 11 is 18.7. The monoisotopic (exact) mass is 489 g/mol. The molecule has 0 saturated carbocycles. The largest absolute Gasteiger partial charge is 0.488 e. The third-order valence-corrected chi connectivity index (χ3v) is 6.39. The van der Waals surface area contributed by atoms with Gasteiger partial charge in [-0.15, -0.1) is 0 Å². The molecule has 4 rings (SSSR count). The highest BCUT2D eigenvalue weighted by Gasteiger charge is 2.33. The van der Waals surface area contributed by atoms with Crippen LogP contribution in [0.3, 0.4) is 0 Å². The lowest BCUT2D eigenvalue weighted by molar-refractivity contribution is -0.113. The van der Waals surface area contributed by atoms with Gasteiger partial charge in [0.05, 0.1) is 15.6 Å². The zero-order chi connectivity index (χ0) is 22.0. The molecule has 1 fully saturated rings. The van der Waals surface area contributed by atoms with Gasteiger partial charge in [-0.05, 0) is 42.5 Å². The molecule has 1 saturated heterocycles. The van der Waals surface area contributed by atoms with Crippen molar-refractivity contribution in [2.24, 2.45) is 0 Å². The van der Waals surface area contributed by atoms with Crippen LogP contribution >= 0.6 is 47.2 Å². The number of nitrogens with zero attached hydrogens (tertiary/aromatic N) is 1. The molecule has 1 aliphatic rings. The number of halogens is 3. The summed E-state index contributed by atoms with van der Waals surface area (Å²) in [7, 11) is 0. The lowest BCUT2D eigenvalue weighted by atomic mass is 10.1. The Kier molecular flexibility index (Phi) is 6.62. The van der Waals surface area contributed by atoms with Gasteiger partial charge >= 0.3 is 0 Å². The van der Waals surface area contributed by atoms with Crippen molar-refractivity contribution in [2.45, 2.75) is 6.61 Å². The number of amides is 1. The highest BCUT2D eigenvalue weighted by molar-refractivity contribution is 8.27. The summed E-state index contributed by atoms with van der Waals surface area (Å²) in [6.07, 6.45) is 1.71. The minimum absolute atomic E-state index is 0.0418. The quantitative estimate of drug-likeness (QED) is 0.282. The molecule has 0 atom stereocenters. The average molecular weight is 490 g/mol. The van der Waals surface area contributed by atoms with Gasteiger partial charge in [-0.1, -0.05) is 77.5 Å². The van der Waals surface area contributed by atoms with Crippen molar-refractivity contribution in [3.05, 3.63) is 98.6 Å². The summed E-state index contributed by atoms with van der Waals surface area (Å²) < 4.78 is 20.3. The Morgan fingerprint density at radius 1 is 1.06 bits per heavy atom. The van der Waals surface area contributed by atoms with Crippen LogP contribution in [0.2, 0.25) is 10.0 Å². The zero-order valence-electron chi connectivity index (χ0n) is 15.8. The molecule has 1 aliphatic heterocycles. The van der Waals surface area contributed by atoms with Crippen LogP contribution in [-0.4, -0.2) is 10.2 Å². The maximum atomic E-state index is 14.1. The maximum absolute atomic E-state index is 14.1. The van der Waals surface area contributed by atoms with Crippen LogP contribution in [0, 0.1) is 5.82 Å². The number of rotatable bonds is 5. The van der Waals surface area contributed by atoms with E-state index in [9.17, 15) is 9.18 Å². The van der Waals surface area contributed by atoms with Gasteiger partial charge in [0.1, 0.15) is 18.2 Å². The summed E-state index contributed by atoms with van der Waals surface area (Å²) in [6, 6.07) is 18.6. The molecule has 1 heterocycles. The third-order valence-electron chi connectivity index (χ3n) is 4.50. The van der Waals surface area contributed by atoms with Crippen molar-refractivity contribution in [3.63, 3.8) is 0 Å². The lowest BCUT2D eigenvalue weighted by Gasteiger charge is -2.14. The predicted octanol–water partition coefficient (Wildman–Crippen LogP) is 7.12. The van der Waals surface area contributed by atoms with E-state index in [1.165, 1.54) is 28.8 Å². The van der Waals surface area contributed by atoms with E-state index < -0.39 is 5.82 Å². The Balaban J connectivity index is 1.60. The molecule has 3 nitrogen and oxygen atoms in total. The van der Waals surface area contributed by atoms with Crippen molar-refractivity contribution in [2.75, 3.05) is 4.90 Å². The molecular weight excluding hydrogens is 476 g/mol.